The summed E-state index contributed by atoms with van der Waals surface area (Å²) in [7, 11) is -9.91. The Kier molecular flexibility index (Phi) is 64.6. The molecule has 0 saturated heterocycles. The molecule has 0 fully saturated rings. The van der Waals surface area contributed by atoms with Gasteiger partial charge in [-0.05, 0) is 37.5 Å². The number of phosphoric ester groups is 2. The molecule has 0 spiro atoms. The molecule has 0 aromatic rings. The molecule has 0 bridgehead atoms. The van der Waals surface area contributed by atoms with Crippen molar-refractivity contribution in [3.63, 3.8) is 0 Å². The highest BCUT2D eigenvalue weighted by Crippen LogP contribution is 2.45. The zero-order valence-corrected chi connectivity index (χ0v) is 62.3. The highest BCUT2D eigenvalue weighted by Gasteiger charge is 2.30. The Morgan fingerprint density at radius 1 is 0.312 bits per heavy atom. The van der Waals surface area contributed by atoms with Gasteiger partial charge in [0.15, 0.2) is 12.2 Å². The number of hydrogen-bond acceptors (Lipinski definition) is 15. The summed E-state index contributed by atoms with van der Waals surface area (Å²) in [5, 5.41) is 10.6. The van der Waals surface area contributed by atoms with E-state index in [0.29, 0.717) is 31.6 Å². The minimum absolute atomic E-state index is 0.107. The summed E-state index contributed by atoms with van der Waals surface area (Å²) in [6, 6.07) is 0. The molecule has 0 radical (unpaired) electrons. The van der Waals surface area contributed by atoms with E-state index in [1.54, 1.807) is 0 Å². The van der Waals surface area contributed by atoms with E-state index in [0.717, 1.165) is 102 Å². The molecule has 0 aromatic carbocycles. The van der Waals surface area contributed by atoms with Crippen LogP contribution in [-0.2, 0) is 65.4 Å². The number of unbranched alkanes of at least 4 members (excludes halogenated alkanes) is 42. The summed E-state index contributed by atoms with van der Waals surface area (Å²) in [6.45, 7) is 9.56. The van der Waals surface area contributed by atoms with E-state index in [1.807, 2.05) is 0 Å². The van der Waals surface area contributed by atoms with Gasteiger partial charge in [-0.15, -0.1) is 0 Å². The number of carbonyl (C=O) groups is 4. The first-order valence-corrected chi connectivity index (χ1v) is 41.5. The van der Waals surface area contributed by atoms with Crippen molar-refractivity contribution < 1.29 is 80.2 Å². The van der Waals surface area contributed by atoms with Gasteiger partial charge in [-0.25, -0.2) is 9.13 Å². The van der Waals surface area contributed by atoms with Crippen LogP contribution in [0.15, 0.2) is 0 Å². The SMILES string of the molecule is CCCCCCCCCCCCCCCC(=O)OC[C@H](COP(=O)(O)OC[C@@H](O)COP(=O)(O)OC[C@@H](COC(=O)CCCCCCCCC(C)C)OC(=O)CCCCCCCCCCCCCCC)OC(=O)CCCCCCCCCCCCCCCCC(C)CC. The van der Waals surface area contributed by atoms with Gasteiger partial charge in [-0.2, -0.15) is 0 Å². The fraction of sp³-hybridized carbons (Fsp3) is 0.946. The highest BCUT2D eigenvalue weighted by molar-refractivity contribution is 7.47. The maximum Gasteiger partial charge on any atom is 0.472 e. The van der Waals surface area contributed by atoms with E-state index < -0.39 is 97.5 Å². The molecule has 3 N–H and O–H groups in total. The van der Waals surface area contributed by atoms with Crippen molar-refractivity contribution in [1.29, 1.82) is 0 Å². The highest BCUT2D eigenvalue weighted by atomic mass is 31.2. The maximum absolute atomic E-state index is 13.1. The average molecular weight is 1370 g/mol. The summed E-state index contributed by atoms with van der Waals surface area (Å²) in [6.07, 6.45) is 52.7. The molecule has 552 valence electrons. The number of phosphoric acid groups is 2. The average Bonchev–Trinajstić information content (AvgIpc) is 1.81. The number of rotatable bonds is 73. The predicted molar refractivity (Wildman–Crippen MR) is 377 cm³/mol. The first kappa shape index (κ1) is 91.1. The Morgan fingerprint density at radius 2 is 0.548 bits per heavy atom. The molecule has 17 nitrogen and oxygen atoms in total. The van der Waals surface area contributed by atoms with Crippen molar-refractivity contribution in [2.24, 2.45) is 11.8 Å². The molecule has 0 saturated carbocycles. The van der Waals surface area contributed by atoms with Gasteiger partial charge in [-0.3, -0.25) is 37.3 Å². The minimum Gasteiger partial charge on any atom is -0.462 e. The number of aliphatic hydroxyl groups is 1. The van der Waals surface area contributed by atoms with Crippen LogP contribution in [0.1, 0.15) is 382 Å². The third kappa shape index (κ3) is 67.0. The summed E-state index contributed by atoms with van der Waals surface area (Å²) >= 11 is 0. The molecular formula is C74H144O17P2. The molecule has 6 atom stereocenters. The van der Waals surface area contributed by atoms with E-state index in [1.165, 1.54) is 193 Å². The maximum atomic E-state index is 13.1. The molecule has 19 heteroatoms. The first-order valence-electron chi connectivity index (χ1n) is 38.5. The van der Waals surface area contributed by atoms with E-state index >= 15 is 0 Å². The standard InChI is InChI=1S/C74H144O17P2/c1-7-10-12-14-16-18-20-24-29-33-37-44-50-56-71(76)84-62-69(90-73(78)59-53-47-39-35-31-27-23-22-26-28-32-36-43-49-55-67(6)9-3)64-88-92(80,81)86-60-68(75)61-87-93(82,83)89-65-70(63-85-72(77)57-51-45-41-40-42-48-54-66(4)5)91-74(79)58-52-46-38-34-30-25-21-19-17-15-13-11-8-2/h66-70,75H,7-65H2,1-6H3,(H,80,81)(H,82,83)/t67?,68-,69-,70-/m1/s1. The first-order chi connectivity index (χ1) is 44.9. The lowest BCUT2D eigenvalue weighted by atomic mass is 9.99. The quantitative estimate of drug-likeness (QED) is 0.0222. The van der Waals surface area contributed by atoms with E-state index in [4.69, 9.17) is 37.0 Å². The van der Waals surface area contributed by atoms with Gasteiger partial charge >= 0.3 is 39.5 Å². The summed E-state index contributed by atoms with van der Waals surface area (Å²) in [5.41, 5.74) is 0. The van der Waals surface area contributed by atoms with E-state index in [2.05, 4.69) is 41.5 Å². The smallest absolute Gasteiger partial charge is 0.462 e. The zero-order chi connectivity index (χ0) is 68.6. The molecule has 93 heavy (non-hydrogen) atoms. The van der Waals surface area contributed by atoms with Crippen LogP contribution in [0.3, 0.4) is 0 Å². The van der Waals surface area contributed by atoms with Crippen LogP contribution in [-0.4, -0.2) is 96.7 Å². The van der Waals surface area contributed by atoms with Crippen LogP contribution in [0, 0.1) is 11.8 Å². The Bertz CT molecular complexity index is 1810. The monoisotopic (exact) mass is 1370 g/mol. The second kappa shape index (κ2) is 66.0. The Labute approximate surface area is 568 Å². The van der Waals surface area contributed by atoms with Crippen LogP contribution in [0.2, 0.25) is 0 Å². The number of ether oxygens (including phenoxy) is 4. The molecule has 0 aliphatic rings. The largest absolute Gasteiger partial charge is 0.472 e. The van der Waals surface area contributed by atoms with Gasteiger partial charge in [-0.1, -0.05) is 330 Å². The molecule has 3 unspecified atom stereocenters. The number of carbonyl (C=O) groups excluding carboxylic acids is 4. The van der Waals surface area contributed by atoms with Gasteiger partial charge < -0.3 is 33.8 Å². The van der Waals surface area contributed by atoms with Crippen LogP contribution in [0.5, 0.6) is 0 Å². The van der Waals surface area contributed by atoms with Crippen LogP contribution < -0.4 is 0 Å². The van der Waals surface area contributed by atoms with Gasteiger partial charge in [0.1, 0.15) is 19.3 Å². The topological polar surface area (TPSA) is 237 Å². The van der Waals surface area contributed by atoms with Crippen molar-refractivity contribution in [3.8, 4) is 0 Å². The fourth-order valence-electron chi connectivity index (χ4n) is 11.3. The Balaban J connectivity index is 5.23. The van der Waals surface area contributed by atoms with Crippen molar-refractivity contribution in [3.05, 3.63) is 0 Å². The second-order valence-corrected chi connectivity index (χ2v) is 30.3. The van der Waals surface area contributed by atoms with Gasteiger partial charge in [0, 0.05) is 25.7 Å². The molecule has 0 rings (SSSR count). The normalized spacial score (nSPS) is 14.3. The predicted octanol–water partition coefficient (Wildman–Crippen LogP) is 21.6. The van der Waals surface area contributed by atoms with Crippen LogP contribution >= 0.6 is 15.6 Å². The molecule has 0 aliphatic heterocycles. The van der Waals surface area contributed by atoms with Crippen molar-refractivity contribution in [1.82, 2.24) is 0 Å². The summed E-state index contributed by atoms with van der Waals surface area (Å²) in [5.74, 6) is -0.593. The summed E-state index contributed by atoms with van der Waals surface area (Å²) in [4.78, 5) is 72.7. The van der Waals surface area contributed by atoms with Crippen LogP contribution in [0.4, 0.5) is 0 Å². The van der Waals surface area contributed by atoms with Gasteiger partial charge in [0.25, 0.3) is 0 Å². The van der Waals surface area contributed by atoms with E-state index in [9.17, 15) is 43.2 Å². The lowest BCUT2D eigenvalue weighted by Gasteiger charge is -2.21. The second-order valence-electron chi connectivity index (χ2n) is 27.4. The van der Waals surface area contributed by atoms with Crippen LogP contribution in [0.25, 0.3) is 0 Å². The fourth-order valence-corrected chi connectivity index (χ4v) is 12.8. The lowest BCUT2D eigenvalue weighted by molar-refractivity contribution is -0.161. The van der Waals surface area contributed by atoms with Gasteiger partial charge in [0.2, 0.25) is 0 Å². The minimum atomic E-state index is -4.95. The molecule has 0 aliphatic carbocycles. The number of esters is 4. The molecule has 0 amide bonds. The van der Waals surface area contributed by atoms with Crippen molar-refractivity contribution >= 4 is 39.5 Å². The zero-order valence-electron chi connectivity index (χ0n) is 60.6. The van der Waals surface area contributed by atoms with Gasteiger partial charge in [0.05, 0.1) is 26.4 Å². The van der Waals surface area contributed by atoms with Crippen molar-refractivity contribution in [2.75, 3.05) is 39.6 Å². The number of hydrogen-bond donors (Lipinski definition) is 3. The number of aliphatic hydroxyl groups excluding tert-OH is 1. The van der Waals surface area contributed by atoms with Crippen molar-refractivity contribution in [2.45, 2.75) is 400 Å². The molecule has 0 aromatic heterocycles. The third-order valence-corrected chi connectivity index (χ3v) is 19.5. The summed E-state index contributed by atoms with van der Waals surface area (Å²) < 4.78 is 68.4. The third-order valence-electron chi connectivity index (χ3n) is 17.6. The Morgan fingerprint density at radius 3 is 0.817 bits per heavy atom. The molecule has 0 heterocycles. The molecular weight excluding hydrogens is 1220 g/mol. The lowest BCUT2D eigenvalue weighted by Crippen LogP contribution is -2.30. The van der Waals surface area contributed by atoms with E-state index in [-0.39, 0.29) is 25.7 Å². The Hall–Kier alpha value is -1.94.